The Balaban J connectivity index is 2.78. The largest absolute Gasteiger partial charge is 0.408 e. The van der Waals surface area contributed by atoms with Crippen molar-refractivity contribution in [2.45, 2.75) is 0 Å². The van der Waals surface area contributed by atoms with Gasteiger partial charge in [-0.2, -0.15) is 0 Å². The van der Waals surface area contributed by atoms with Gasteiger partial charge in [0, 0.05) is 5.69 Å². The minimum Gasteiger partial charge on any atom is -0.408 e. The van der Waals surface area contributed by atoms with Crippen molar-refractivity contribution in [3.05, 3.63) is 24.3 Å². The van der Waals surface area contributed by atoms with Gasteiger partial charge >= 0.3 is 8.69 Å². The Morgan fingerprint density at radius 2 is 1.90 bits per heavy atom. The van der Waals surface area contributed by atoms with Crippen molar-refractivity contribution < 1.29 is 9.09 Å². The first-order valence-electron chi connectivity index (χ1n) is 2.68. The maximum absolute atomic E-state index is 9.90. The van der Waals surface area contributed by atoms with E-state index in [1.807, 2.05) is 0 Å². The average molecular weight is 155 g/mol. The SMILES string of the molecule is Nc1ccc(OP=O)cc1. The third-order valence-electron chi connectivity index (χ3n) is 1.02. The molecule has 52 valence electrons. The third-order valence-corrected chi connectivity index (χ3v) is 1.31. The van der Waals surface area contributed by atoms with Gasteiger partial charge in [-0.25, -0.2) is 4.57 Å². The summed E-state index contributed by atoms with van der Waals surface area (Å²) in [6, 6.07) is 6.67. The summed E-state index contributed by atoms with van der Waals surface area (Å²) in [7, 11) is -0.345. The molecule has 0 saturated carbocycles. The number of hydrogen-bond donors (Lipinski definition) is 1. The molecule has 1 aromatic rings. The zero-order valence-corrected chi connectivity index (χ0v) is 6.04. The monoisotopic (exact) mass is 155 g/mol. The second kappa shape index (κ2) is 3.18. The fourth-order valence-electron chi connectivity index (χ4n) is 0.572. The van der Waals surface area contributed by atoms with Gasteiger partial charge < -0.3 is 10.3 Å². The first-order valence-corrected chi connectivity index (χ1v) is 3.41. The molecule has 10 heavy (non-hydrogen) atoms. The van der Waals surface area contributed by atoms with E-state index in [1.54, 1.807) is 24.3 Å². The molecule has 0 aliphatic heterocycles. The highest BCUT2D eigenvalue weighted by molar-refractivity contribution is 7.17. The molecular formula is C6H6NO2P. The van der Waals surface area contributed by atoms with Gasteiger partial charge in [-0.3, -0.25) is 0 Å². The maximum atomic E-state index is 9.90. The topological polar surface area (TPSA) is 52.3 Å². The van der Waals surface area contributed by atoms with Crippen molar-refractivity contribution in [3.63, 3.8) is 0 Å². The van der Waals surface area contributed by atoms with Crippen molar-refractivity contribution >= 4 is 14.4 Å². The Morgan fingerprint density at radius 3 is 2.40 bits per heavy atom. The van der Waals surface area contributed by atoms with Crippen LogP contribution in [0.1, 0.15) is 0 Å². The Kier molecular flexibility index (Phi) is 2.24. The molecule has 0 bridgehead atoms. The number of rotatable bonds is 2. The number of nitrogen functional groups attached to an aromatic ring is 1. The van der Waals surface area contributed by atoms with Crippen LogP contribution in [0.4, 0.5) is 5.69 Å². The van der Waals surface area contributed by atoms with Gasteiger partial charge in [-0.1, -0.05) is 0 Å². The number of anilines is 1. The van der Waals surface area contributed by atoms with Crippen LogP contribution in [0.25, 0.3) is 0 Å². The molecule has 2 N–H and O–H groups in total. The zero-order chi connectivity index (χ0) is 7.40. The molecule has 1 aromatic carbocycles. The Bertz CT molecular complexity index is 222. The van der Waals surface area contributed by atoms with Crippen molar-refractivity contribution in [1.29, 1.82) is 0 Å². The van der Waals surface area contributed by atoms with E-state index in [9.17, 15) is 4.57 Å². The summed E-state index contributed by atoms with van der Waals surface area (Å²) in [4.78, 5) is 0. The lowest BCUT2D eigenvalue weighted by molar-refractivity contribution is 0.525. The van der Waals surface area contributed by atoms with Crippen LogP contribution >= 0.6 is 8.69 Å². The Hall–Kier alpha value is -1.08. The smallest absolute Gasteiger partial charge is 0.395 e. The van der Waals surface area contributed by atoms with E-state index in [4.69, 9.17) is 5.73 Å². The molecule has 0 spiro atoms. The predicted molar refractivity (Wildman–Crippen MR) is 39.1 cm³/mol. The zero-order valence-electron chi connectivity index (χ0n) is 5.15. The van der Waals surface area contributed by atoms with Gasteiger partial charge in [0.05, 0.1) is 0 Å². The molecule has 0 saturated heterocycles. The van der Waals surface area contributed by atoms with Crippen molar-refractivity contribution in [1.82, 2.24) is 0 Å². The van der Waals surface area contributed by atoms with Crippen LogP contribution < -0.4 is 10.3 Å². The molecule has 3 nitrogen and oxygen atoms in total. The molecule has 0 radical (unpaired) electrons. The molecule has 0 aromatic heterocycles. The molecule has 0 atom stereocenters. The fraction of sp³-hybridized carbons (Fsp3) is 0. The van der Waals surface area contributed by atoms with Crippen LogP contribution in [0.5, 0.6) is 5.75 Å². The summed E-state index contributed by atoms with van der Waals surface area (Å²) in [5.41, 5.74) is 6.05. The Morgan fingerprint density at radius 1 is 1.30 bits per heavy atom. The van der Waals surface area contributed by atoms with Gasteiger partial charge in [-0.05, 0) is 24.3 Å². The van der Waals surface area contributed by atoms with E-state index < -0.39 is 0 Å². The first-order chi connectivity index (χ1) is 4.83. The number of nitrogens with two attached hydrogens (primary N) is 1. The molecule has 0 heterocycles. The van der Waals surface area contributed by atoms with Crippen molar-refractivity contribution in [2.24, 2.45) is 0 Å². The third kappa shape index (κ3) is 1.71. The van der Waals surface area contributed by atoms with Crippen LogP contribution in [0.15, 0.2) is 24.3 Å². The predicted octanol–water partition coefficient (Wildman–Crippen LogP) is 1.85. The van der Waals surface area contributed by atoms with E-state index in [-0.39, 0.29) is 8.69 Å². The highest BCUT2D eigenvalue weighted by Crippen LogP contribution is 2.16. The molecule has 0 aliphatic rings. The molecule has 4 heteroatoms. The summed E-state index contributed by atoms with van der Waals surface area (Å²) in [5.74, 6) is 0.547. The summed E-state index contributed by atoms with van der Waals surface area (Å²) in [5, 5.41) is 0. The molecule has 0 fully saturated rings. The van der Waals surface area contributed by atoms with E-state index >= 15 is 0 Å². The van der Waals surface area contributed by atoms with Gasteiger partial charge in [0.1, 0.15) is 5.75 Å². The molecule has 0 aliphatic carbocycles. The molecule has 0 unspecified atom stereocenters. The summed E-state index contributed by atoms with van der Waals surface area (Å²) < 4.78 is 14.5. The molecular weight excluding hydrogens is 149 g/mol. The lowest BCUT2D eigenvalue weighted by Crippen LogP contribution is -1.82. The van der Waals surface area contributed by atoms with Gasteiger partial charge in [0.25, 0.3) is 0 Å². The van der Waals surface area contributed by atoms with Crippen LogP contribution in [-0.4, -0.2) is 0 Å². The second-order valence-corrected chi connectivity index (χ2v) is 2.07. The van der Waals surface area contributed by atoms with Crippen molar-refractivity contribution in [3.8, 4) is 5.75 Å². The van der Waals surface area contributed by atoms with Gasteiger partial charge in [-0.15, -0.1) is 0 Å². The highest BCUT2D eigenvalue weighted by atomic mass is 31.1. The standard InChI is InChI=1S/C6H6NO2P/c7-5-1-3-6(4-2-5)9-10-8/h1-4H,7H2. The number of hydrogen-bond acceptors (Lipinski definition) is 3. The summed E-state index contributed by atoms with van der Waals surface area (Å²) >= 11 is 0. The minimum atomic E-state index is -0.345. The van der Waals surface area contributed by atoms with E-state index in [2.05, 4.69) is 4.52 Å². The highest BCUT2D eigenvalue weighted by Gasteiger charge is 1.89. The summed E-state index contributed by atoms with van der Waals surface area (Å²) in [6.07, 6.45) is 0. The molecule has 0 amide bonds. The van der Waals surface area contributed by atoms with E-state index in [0.717, 1.165) is 0 Å². The Labute approximate surface area is 60.1 Å². The lowest BCUT2D eigenvalue weighted by Gasteiger charge is -1.94. The first kappa shape index (κ1) is 7.03. The van der Waals surface area contributed by atoms with Gasteiger partial charge in [0.15, 0.2) is 0 Å². The molecule has 1 rings (SSSR count). The van der Waals surface area contributed by atoms with Crippen LogP contribution in [0.3, 0.4) is 0 Å². The van der Waals surface area contributed by atoms with E-state index in [1.165, 1.54) is 0 Å². The number of benzene rings is 1. The van der Waals surface area contributed by atoms with Crippen LogP contribution in [-0.2, 0) is 4.57 Å². The van der Waals surface area contributed by atoms with Crippen LogP contribution in [0, 0.1) is 0 Å². The fourth-order valence-corrected chi connectivity index (χ4v) is 0.780. The van der Waals surface area contributed by atoms with E-state index in [0.29, 0.717) is 11.4 Å². The van der Waals surface area contributed by atoms with Gasteiger partial charge in [0.2, 0.25) is 0 Å². The van der Waals surface area contributed by atoms with Crippen LogP contribution in [0.2, 0.25) is 0 Å². The quantitative estimate of drug-likeness (QED) is 0.523. The summed E-state index contributed by atoms with van der Waals surface area (Å²) in [6.45, 7) is 0. The maximum Gasteiger partial charge on any atom is 0.395 e. The average Bonchev–Trinajstić information content (AvgIpc) is 1.95. The lowest BCUT2D eigenvalue weighted by atomic mass is 10.3. The van der Waals surface area contributed by atoms with Crippen molar-refractivity contribution in [2.75, 3.05) is 5.73 Å². The second-order valence-electron chi connectivity index (χ2n) is 1.73. The normalized spacial score (nSPS) is 9.60. The minimum absolute atomic E-state index is 0.345.